The molecule has 2 N–H and O–H groups in total. The first kappa shape index (κ1) is 17.0. The van der Waals surface area contributed by atoms with Crippen molar-refractivity contribution < 1.29 is 9.53 Å². The number of ether oxygens (including phenoxy) is 1. The summed E-state index contributed by atoms with van der Waals surface area (Å²) in [6.07, 6.45) is 5.45. The predicted molar refractivity (Wildman–Crippen MR) is 97.4 cm³/mol. The minimum absolute atomic E-state index is 0.155. The lowest BCUT2D eigenvalue weighted by atomic mass is 9.85. The lowest BCUT2D eigenvalue weighted by molar-refractivity contribution is -0.00522. The van der Waals surface area contributed by atoms with Crippen molar-refractivity contribution in [2.24, 2.45) is 0 Å². The topological polar surface area (TPSA) is 96.0 Å². The Morgan fingerprint density at radius 2 is 2.08 bits per heavy atom. The van der Waals surface area contributed by atoms with E-state index in [2.05, 4.69) is 44.2 Å². The second kappa shape index (κ2) is 7.03. The standard InChI is InChI=1S/C18H24N6O2/c1-11-9-24(10-12(2)26-11)14-6-7-19-15(8-14)17(25)21-18-20-16(22-23-18)13-4-3-5-13/h6-8,11-13H,3-5,9-10H2,1-2H3,(H2,20,21,22,23,25). The maximum absolute atomic E-state index is 12.5. The maximum atomic E-state index is 12.5. The molecule has 4 rings (SSSR count). The summed E-state index contributed by atoms with van der Waals surface area (Å²) in [6.45, 7) is 5.70. The number of carbonyl (C=O) groups is 1. The second-order valence-corrected chi connectivity index (χ2v) is 7.19. The molecule has 1 saturated heterocycles. The molecule has 1 aliphatic carbocycles. The first-order valence-electron chi connectivity index (χ1n) is 9.18. The van der Waals surface area contributed by atoms with Crippen LogP contribution in [0.5, 0.6) is 0 Å². The van der Waals surface area contributed by atoms with E-state index in [4.69, 9.17) is 4.74 Å². The van der Waals surface area contributed by atoms with Crippen LogP contribution in [0.2, 0.25) is 0 Å². The van der Waals surface area contributed by atoms with Crippen LogP contribution < -0.4 is 10.2 Å². The summed E-state index contributed by atoms with van der Waals surface area (Å²) in [5, 5.41) is 9.74. The maximum Gasteiger partial charge on any atom is 0.276 e. The molecule has 2 aromatic heterocycles. The van der Waals surface area contributed by atoms with Crippen molar-refractivity contribution in [3.63, 3.8) is 0 Å². The number of rotatable bonds is 4. The minimum atomic E-state index is -0.305. The highest BCUT2D eigenvalue weighted by Crippen LogP contribution is 2.34. The van der Waals surface area contributed by atoms with Crippen LogP contribution in [0, 0.1) is 0 Å². The van der Waals surface area contributed by atoms with Crippen LogP contribution in [0.1, 0.15) is 55.3 Å². The largest absolute Gasteiger partial charge is 0.372 e. The van der Waals surface area contributed by atoms with Crippen LogP contribution in [0.15, 0.2) is 18.3 Å². The Kier molecular flexibility index (Phi) is 4.58. The van der Waals surface area contributed by atoms with E-state index in [0.29, 0.717) is 17.6 Å². The van der Waals surface area contributed by atoms with Gasteiger partial charge < -0.3 is 9.64 Å². The predicted octanol–water partition coefficient (Wildman–Crippen LogP) is 2.33. The van der Waals surface area contributed by atoms with Crippen molar-refractivity contribution in [1.82, 2.24) is 20.2 Å². The lowest BCUT2D eigenvalue weighted by Crippen LogP contribution is -2.45. The first-order valence-corrected chi connectivity index (χ1v) is 9.18. The highest BCUT2D eigenvalue weighted by Gasteiger charge is 2.25. The summed E-state index contributed by atoms with van der Waals surface area (Å²) in [5.74, 6) is 1.29. The first-order chi connectivity index (χ1) is 12.6. The molecule has 0 bridgehead atoms. The molecule has 2 unspecified atom stereocenters. The zero-order chi connectivity index (χ0) is 18.1. The Bertz CT molecular complexity index is 777. The highest BCUT2D eigenvalue weighted by atomic mass is 16.5. The van der Waals surface area contributed by atoms with Gasteiger partial charge in [0.15, 0.2) is 0 Å². The second-order valence-electron chi connectivity index (χ2n) is 7.19. The van der Waals surface area contributed by atoms with E-state index in [1.165, 1.54) is 6.42 Å². The Morgan fingerprint density at radius 3 is 2.77 bits per heavy atom. The third-order valence-corrected chi connectivity index (χ3v) is 4.98. The van der Waals surface area contributed by atoms with Crippen LogP contribution in [-0.2, 0) is 4.74 Å². The number of nitrogens with one attached hydrogen (secondary N) is 2. The summed E-state index contributed by atoms with van der Waals surface area (Å²) in [4.78, 5) is 23.3. The van der Waals surface area contributed by atoms with Crippen molar-refractivity contribution in [3.05, 3.63) is 29.8 Å². The van der Waals surface area contributed by atoms with Crippen LogP contribution >= 0.6 is 0 Å². The molecule has 3 heterocycles. The van der Waals surface area contributed by atoms with Gasteiger partial charge in [-0.25, -0.2) is 0 Å². The molecular weight excluding hydrogens is 332 g/mol. The van der Waals surface area contributed by atoms with Gasteiger partial charge >= 0.3 is 0 Å². The molecule has 2 atom stereocenters. The van der Waals surface area contributed by atoms with Crippen molar-refractivity contribution >= 4 is 17.5 Å². The summed E-state index contributed by atoms with van der Waals surface area (Å²) in [5.41, 5.74) is 1.32. The van der Waals surface area contributed by atoms with Crippen LogP contribution in [-0.4, -0.2) is 51.4 Å². The smallest absolute Gasteiger partial charge is 0.276 e. The van der Waals surface area contributed by atoms with Gasteiger partial charge in [-0.3, -0.25) is 20.2 Å². The third kappa shape index (κ3) is 3.55. The van der Waals surface area contributed by atoms with E-state index < -0.39 is 0 Å². The zero-order valence-corrected chi connectivity index (χ0v) is 15.1. The summed E-state index contributed by atoms with van der Waals surface area (Å²) in [6, 6.07) is 3.72. The molecule has 1 amide bonds. The van der Waals surface area contributed by atoms with Crippen LogP contribution in [0.4, 0.5) is 11.6 Å². The fraction of sp³-hybridized carbons (Fsp3) is 0.556. The fourth-order valence-electron chi connectivity index (χ4n) is 3.49. The van der Waals surface area contributed by atoms with E-state index in [0.717, 1.165) is 37.4 Å². The number of amides is 1. The molecular formula is C18H24N6O2. The molecule has 138 valence electrons. The van der Waals surface area contributed by atoms with Crippen molar-refractivity contribution in [2.75, 3.05) is 23.3 Å². The van der Waals surface area contributed by atoms with Gasteiger partial charge in [0.25, 0.3) is 5.91 Å². The number of morpholine rings is 1. The van der Waals surface area contributed by atoms with E-state index in [9.17, 15) is 4.79 Å². The Labute approximate surface area is 152 Å². The highest BCUT2D eigenvalue weighted by molar-refractivity contribution is 6.02. The number of hydrogen-bond donors (Lipinski definition) is 2. The quantitative estimate of drug-likeness (QED) is 0.873. The molecule has 2 fully saturated rings. The van der Waals surface area contributed by atoms with Crippen molar-refractivity contribution in [2.45, 2.75) is 51.2 Å². The summed E-state index contributed by atoms with van der Waals surface area (Å²) >= 11 is 0. The molecule has 0 aromatic carbocycles. The van der Waals surface area contributed by atoms with E-state index in [1.807, 2.05) is 6.07 Å². The molecule has 8 heteroatoms. The average Bonchev–Trinajstić information content (AvgIpc) is 3.00. The SMILES string of the molecule is CC1CN(c2ccnc(C(=O)Nc3n[nH]c(C4CCC4)n3)c2)CC(C)O1. The summed E-state index contributed by atoms with van der Waals surface area (Å²) < 4.78 is 5.77. The van der Waals surface area contributed by atoms with Gasteiger partial charge in [0.1, 0.15) is 11.5 Å². The van der Waals surface area contributed by atoms with Crippen LogP contribution in [0.25, 0.3) is 0 Å². The third-order valence-electron chi connectivity index (χ3n) is 4.98. The van der Waals surface area contributed by atoms with E-state index in [-0.39, 0.29) is 18.1 Å². The molecule has 8 nitrogen and oxygen atoms in total. The Hall–Kier alpha value is -2.48. The van der Waals surface area contributed by atoms with Gasteiger partial charge in [-0.15, -0.1) is 5.10 Å². The number of pyridine rings is 1. The van der Waals surface area contributed by atoms with Gasteiger partial charge in [-0.1, -0.05) is 6.42 Å². The Morgan fingerprint density at radius 1 is 1.31 bits per heavy atom. The molecule has 26 heavy (non-hydrogen) atoms. The normalized spacial score (nSPS) is 23.5. The molecule has 2 aromatic rings. The molecule has 1 aliphatic heterocycles. The van der Waals surface area contributed by atoms with E-state index in [1.54, 1.807) is 12.3 Å². The van der Waals surface area contributed by atoms with Crippen LogP contribution in [0.3, 0.4) is 0 Å². The fourth-order valence-corrected chi connectivity index (χ4v) is 3.49. The molecule has 1 saturated carbocycles. The number of aromatic amines is 1. The minimum Gasteiger partial charge on any atom is -0.372 e. The lowest BCUT2D eigenvalue weighted by Gasteiger charge is -2.36. The number of hydrogen-bond acceptors (Lipinski definition) is 6. The Balaban J connectivity index is 1.45. The van der Waals surface area contributed by atoms with Crippen molar-refractivity contribution in [1.29, 1.82) is 0 Å². The summed E-state index contributed by atoms with van der Waals surface area (Å²) in [7, 11) is 0. The average molecular weight is 356 g/mol. The van der Waals surface area contributed by atoms with Gasteiger partial charge in [0.2, 0.25) is 5.95 Å². The number of anilines is 2. The number of H-pyrrole nitrogens is 1. The van der Waals surface area contributed by atoms with Gasteiger partial charge in [-0.05, 0) is 38.8 Å². The number of aromatic nitrogens is 4. The van der Waals surface area contributed by atoms with Crippen molar-refractivity contribution in [3.8, 4) is 0 Å². The van der Waals surface area contributed by atoms with Gasteiger partial charge in [-0.2, -0.15) is 4.98 Å². The number of carbonyl (C=O) groups excluding carboxylic acids is 1. The van der Waals surface area contributed by atoms with Gasteiger partial charge in [0, 0.05) is 30.9 Å². The van der Waals surface area contributed by atoms with E-state index >= 15 is 0 Å². The molecule has 0 spiro atoms. The number of nitrogens with zero attached hydrogens (tertiary/aromatic N) is 4. The molecule has 2 aliphatic rings. The molecule has 0 radical (unpaired) electrons. The zero-order valence-electron chi connectivity index (χ0n) is 15.1. The monoisotopic (exact) mass is 356 g/mol. The van der Waals surface area contributed by atoms with Gasteiger partial charge in [0.05, 0.1) is 12.2 Å².